The van der Waals surface area contributed by atoms with Gasteiger partial charge < -0.3 is 10.1 Å². The van der Waals surface area contributed by atoms with Crippen LogP contribution in [0.4, 0.5) is 0 Å². The molecule has 0 fully saturated rings. The van der Waals surface area contributed by atoms with Crippen molar-refractivity contribution in [2.24, 2.45) is 0 Å². The third-order valence-corrected chi connectivity index (χ3v) is 3.77. The van der Waals surface area contributed by atoms with Gasteiger partial charge in [0, 0.05) is 17.6 Å². The molecule has 1 atom stereocenters. The predicted octanol–water partition coefficient (Wildman–Crippen LogP) is 4.29. The van der Waals surface area contributed by atoms with Crippen LogP contribution < -0.4 is 10.1 Å². The summed E-state index contributed by atoms with van der Waals surface area (Å²) in [6.07, 6.45) is 0. The fourth-order valence-electron chi connectivity index (χ4n) is 1.95. The van der Waals surface area contributed by atoms with Crippen molar-refractivity contribution in [1.29, 1.82) is 0 Å². The van der Waals surface area contributed by atoms with Crippen LogP contribution in [0.2, 0.25) is 10.0 Å². The number of hydrogen-bond donors (Lipinski definition) is 1. The summed E-state index contributed by atoms with van der Waals surface area (Å²) < 4.78 is 5.39. The van der Waals surface area contributed by atoms with Crippen LogP contribution in [-0.2, 0) is 4.79 Å². The second-order valence-electron chi connectivity index (χ2n) is 4.98. The Morgan fingerprint density at radius 3 is 2.64 bits per heavy atom. The third kappa shape index (κ3) is 4.93. The molecular formula is C17H17Cl2NO2. The number of hydrogen-bond acceptors (Lipinski definition) is 2. The lowest BCUT2D eigenvalue weighted by atomic mass is 10.0. The molecule has 0 heterocycles. The Hall–Kier alpha value is -1.71. The number of halogens is 2. The minimum atomic E-state index is -0.196. The normalized spacial score (nSPS) is 11.8. The summed E-state index contributed by atoms with van der Waals surface area (Å²) in [7, 11) is 0. The standard InChI is InChI=1S/C17H17Cl2NO2/c1-12(13-5-3-2-4-6-13)10-20-17(21)11-22-16-9-14(18)7-8-15(16)19/h2-9,12H,10-11H2,1H3,(H,20,21)/t12-/m1/s1. The molecule has 1 N–H and O–H groups in total. The molecule has 0 radical (unpaired) electrons. The maximum Gasteiger partial charge on any atom is 0.257 e. The molecule has 2 aromatic carbocycles. The summed E-state index contributed by atoms with van der Waals surface area (Å²) in [5.74, 6) is 0.444. The number of ether oxygens (including phenoxy) is 1. The second-order valence-corrected chi connectivity index (χ2v) is 5.82. The van der Waals surface area contributed by atoms with Gasteiger partial charge in [-0.3, -0.25) is 4.79 Å². The quantitative estimate of drug-likeness (QED) is 0.853. The molecule has 0 aromatic heterocycles. The average molecular weight is 338 g/mol. The maximum atomic E-state index is 11.8. The molecule has 0 saturated heterocycles. The van der Waals surface area contributed by atoms with Gasteiger partial charge in [0.2, 0.25) is 0 Å². The van der Waals surface area contributed by atoms with E-state index in [1.54, 1.807) is 18.2 Å². The molecule has 0 bridgehead atoms. The summed E-state index contributed by atoms with van der Waals surface area (Å²) in [5.41, 5.74) is 1.18. The lowest BCUT2D eigenvalue weighted by Crippen LogP contribution is -2.31. The first-order valence-electron chi connectivity index (χ1n) is 6.95. The van der Waals surface area contributed by atoms with Gasteiger partial charge in [-0.2, -0.15) is 0 Å². The predicted molar refractivity (Wildman–Crippen MR) is 89.8 cm³/mol. The van der Waals surface area contributed by atoms with Gasteiger partial charge in [0.25, 0.3) is 5.91 Å². The number of carbonyl (C=O) groups is 1. The zero-order chi connectivity index (χ0) is 15.9. The highest BCUT2D eigenvalue weighted by molar-refractivity contribution is 6.34. The smallest absolute Gasteiger partial charge is 0.257 e. The van der Waals surface area contributed by atoms with Gasteiger partial charge >= 0.3 is 0 Å². The van der Waals surface area contributed by atoms with E-state index in [0.29, 0.717) is 22.3 Å². The zero-order valence-electron chi connectivity index (χ0n) is 12.2. The number of benzene rings is 2. The molecular weight excluding hydrogens is 321 g/mol. The number of rotatable bonds is 6. The van der Waals surface area contributed by atoms with E-state index in [2.05, 4.69) is 12.2 Å². The molecule has 0 aliphatic heterocycles. The van der Waals surface area contributed by atoms with Crippen LogP contribution in [0.3, 0.4) is 0 Å². The number of nitrogens with one attached hydrogen (secondary N) is 1. The van der Waals surface area contributed by atoms with Gasteiger partial charge in [0.15, 0.2) is 6.61 Å². The fourth-order valence-corrected chi connectivity index (χ4v) is 2.28. The first-order chi connectivity index (χ1) is 10.6. The molecule has 0 spiro atoms. The van der Waals surface area contributed by atoms with Crippen molar-refractivity contribution >= 4 is 29.1 Å². The Bertz CT molecular complexity index is 632. The molecule has 5 heteroatoms. The lowest BCUT2D eigenvalue weighted by Gasteiger charge is -2.13. The van der Waals surface area contributed by atoms with E-state index < -0.39 is 0 Å². The Morgan fingerprint density at radius 1 is 1.18 bits per heavy atom. The van der Waals surface area contributed by atoms with Crippen LogP contribution >= 0.6 is 23.2 Å². The molecule has 0 saturated carbocycles. The Morgan fingerprint density at radius 2 is 1.91 bits per heavy atom. The Balaban J connectivity index is 1.80. The van der Waals surface area contributed by atoms with Crippen molar-refractivity contribution in [3.63, 3.8) is 0 Å². The summed E-state index contributed by atoms with van der Waals surface area (Å²) in [5, 5.41) is 3.78. The van der Waals surface area contributed by atoms with Gasteiger partial charge in [-0.25, -0.2) is 0 Å². The summed E-state index contributed by atoms with van der Waals surface area (Å²) >= 11 is 11.8. The molecule has 116 valence electrons. The lowest BCUT2D eigenvalue weighted by molar-refractivity contribution is -0.123. The van der Waals surface area contributed by atoms with Crippen LogP contribution in [0.15, 0.2) is 48.5 Å². The highest BCUT2D eigenvalue weighted by Crippen LogP contribution is 2.27. The molecule has 2 rings (SSSR count). The van der Waals surface area contributed by atoms with Crippen LogP contribution in [-0.4, -0.2) is 19.1 Å². The third-order valence-electron chi connectivity index (χ3n) is 3.23. The summed E-state index contributed by atoms with van der Waals surface area (Å²) in [4.78, 5) is 11.8. The molecule has 1 amide bonds. The molecule has 22 heavy (non-hydrogen) atoms. The van der Waals surface area contributed by atoms with Crippen molar-refractivity contribution in [2.75, 3.05) is 13.2 Å². The van der Waals surface area contributed by atoms with E-state index >= 15 is 0 Å². The second kappa shape index (κ2) is 8.06. The molecule has 0 unspecified atom stereocenters. The van der Waals surface area contributed by atoms with Gasteiger partial charge in [0.1, 0.15) is 5.75 Å². The first-order valence-corrected chi connectivity index (χ1v) is 7.71. The van der Waals surface area contributed by atoms with E-state index in [0.717, 1.165) is 0 Å². The number of carbonyl (C=O) groups excluding carboxylic acids is 1. The van der Waals surface area contributed by atoms with E-state index in [1.165, 1.54) is 5.56 Å². The Labute approximate surface area is 140 Å². The highest BCUT2D eigenvalue weighted by Gasteiger charge is 2.09. The van der Waals surface area contributed by atoms with E-state index in [1.807, 2.05) is 30.3 Å². The largest absolute Gasteiger partial charge is 0.482 e. The minimum Gasteiger partial charge on any atom is -0.482 e. The van der Waals surface area contributed by atoms with E-state index in [4.69, 9.17) is 27.9 Å². The van der Waals surface area contributed by atoms with Crippen LogP contribution in [0.25, 0.3) is 0 Å². The van der Waals surface area contributed by atoms with Crippen molar-refractivity contribution in [3.8, 4) is 5.75 Å². The van der Waals surface area contributed by atoms with Crippen molar-refractivity contribution in [2.45, 2.75) is 12.8 Å². The molecule has 0 aliphatic carbocycles. The van der Waals surface area contributed by atoms with Gasteiger partial charge in [0.05, 0.1) is 5.02 Å². The van der Waals surface area contributed by atoms with Crippen molar-refractivity contribution < 1.29 is 9.53 Å². The van der Waals surface area contributed by atoms with E-state index in [9.17, 15) is 4.79 Å². The van der Waals surface area contributed by atoms with Gasteiger partial charge in [-0.15, -0.1) is 0 Å². The summed E-state index contributed by atoms with van der Waals surface area (Å²) in [6.45, 7) is 2.52. The fraction of sp³-hybridized carbons (Fsp3) is 0.235. The zero-order valence-corrected chi connectivity index (χ0v) is 13.7. The highest BCUT2D eigenvalue weighted by atomic mass is 35.5. The van der Waals surface area contributed by atoms with Gasteiger partial charge in [-0.1, -0.05) is 60.5 Å². The number of amides is 1. The van der Waals surface area contributed by atoms with E-state index in [-0.39, 0.29) is 18.4 Å². The van der Waals surface area contributed by atoms with Crippen LogP contribution in [0.1, 0.15) is 18.4 Å². The summed E-state index contributed by atoms with van der Waals surface area (Å²) in [6, 6.07) is 14.9. The SMILES string of the molecule is C[C@H](CNC(=O)COc1cc(Cl)ccc1Cl)c1ccccc1. The van der Waals surface area contributed by atoms with Gasteiger partial charge in [-0.05, 0) is 23.6 Å². The minimum absolute atomic E-state index is 0.0957. The van der Waals surface area contributed by atoms with Crippen LogP contribution in [0, 0.1) is 0 Å². The van der Waals surface area contributed by atoms with Crippen molar-refractivity contribution in [3.05, 3.63) is 64.1 Å². The topological polar surface area (TPSA) is 38.3 Å². The van der Waals surface area contributed by atoms with Crippen molar-refractivity contribution in [1.82, 2.24) is 5.32 Å². The average Bonchev–Trinajstić information content (AvgIpc) is 2.54. The van der Waals surface area contributed by atoms with Crippen LogP contribution in [0.5, 0.6) is 5.75 Å². The first kappa shape index (κ1) is 16.7. The monoisotopic (exact) mass is 337 g/mol. The molecule has 3 nitrogen and oxygen atoms in total. The maximum absolute atomic E-state index is 11.8. The molecule has 0 aliphatic rings. The Kier molecular flexibility index (Phi) is 6.10. The molecule has 2 aromatic rings.